The number of nitrogens with one attached hydrogen (secondary N) is 1. The summed E-state index contributed by atoms with van der Waals surface area (Å²) in [7, 11) is -1.93. The predicted octanol–water partition coefficient (Wildman–Crippen LogP) is 4.48. The second kappa shape index (κ2) is 11.3. The molecule has 7 nitrogen and oxygen atoms in total. The highest BCUT2D eigenvalue weighted by Crippen LogP contribution is 2.28. The van der Waals surface area contributed by atoms with Crippen molar-refractivity contribution in [3.8, 4) is 11.5 Å². The Morgan fingerprint density at radius 1 is 0.943 bits per heavy atom. The SMILES string of the molecule is COc1ccccc1OCC(C)NC(=O)c1ccc(CN(c2c(C)cccc2C)S(C)(=O)=O)cc1. The molecule has 1 unspecified atom stereocenters. The van der Waals surface area contributed by atoms with Crippen LogP contribution in [0.1, 0.15) is 34.0 Å². The smallest absolute Gasteiger partial charge is 0.251 e. The first-order valence-electron chi connectivity index (χ1n) is 11.3. The standard InChI is InChI=1S/C27H32N2O5S/c1-19-9-8-10-20(2)26(19)29(35(5,31)32)17-22-13-15-23(16-14-22)27(30)28-21(3)18-34-25-12-7-6-11-24(25)33-4/h6-16,21H,17-18H2,1-5H3,(H,28,30). The summed E-state index contributed by atoms with van der Waals surface area (Å²) in [6, 6.07) is 19.7. The third kappa shape index (κ3) is 6.76. The molecule has 1 amide bonds. The Morgan fingerprint density at radius 2 is 1.54 bits per heavy atom. The average molecular weight is 497 g/mol. The first-order chi connectivity index (χ1) is 16.6. The average Bonchev–Trinajstić information content (AvgIpc) is 2.82. The van der Waals surface area contributed by atoms with Crippen molar-refractivity contribution in [3.63, 3.8) is 0 Å². The van der Waals surface area contributed by atoms with Gasteiger partial charge in [-0.1, -0.05) is 42.5 Å². The van der Waals surface area contributed by atoms with Crippen molar-refractivity contribution in [1.82, 2.24) is 5.32 Å². The molecule has 186 valence electrons. The van der Waals surface area contributed by atoms with Gasteiger partial charge >= 0.3 is 0 Å². The fraction of sp³-hybridized carbons (Fsp3) is 0.296. The van der Waals surface area contributed by atoms with Crippen molar-refractivity contribution < 1.29 is 22.7 Å². The van der Waals surface area contributed by atoms with Crippen LogP contribution in [0.3, 0.4) is 0 Å². The van der Waals surface area contributed by atoms with Crippen LogP contribution in [-0.4, -0.2) is 40.3 Å². The van der Waals surface area contributed by atoms with Crippen LogP contribution in [0.15, 0.2) is 66.7 Å². The number of carbonyl (C=O) groups is 1. The molecule has 8 heteroatoms. The lowest BCUT2D eigenvalue weighted by molar-refractivity contribution is 0.0926. The van der Waals surface area contributed by atoms with Gasteiger partial charge in [0.05, 0.1) is 31.6 Å². The highest BCUT2D eigenvalue weighted by Gasteiger charge is 2.21. The maximum absolute atomic E-state index is 12.7. The number of methoxy groups -OCH3 is 1. The maximum atomic E-state index is 12.7. The fourth-order valence-electron chi connectivity index (χ4n) is 3.79. The highest BCUT2D eigenvalue weighted by atomic mass is 32.2. The van der Waals surface area contributed by atoms with Crippen molar-refractivity contribution in [1.29, 1.82) is 0 Å². The quantitative estimate of drug-likeness (QED) is 0.448. The van der Waals surface area contributed by atoms with Crippen LogP contribution < -0.4 is 19.1 Å². The summed E-state index contributed by atoms with van der Waals surface area (Å²) < 4.78 is 37.6. The van der Waals surface area contributed by atoms with E-state index in [1.54, 1.807) is 31.4 Å². The minimum atomic E-state index is -3.51. The molecule has 0 aliphatic heterocycles. The molecule has 0 bridgehead atoms. The largest absolute Gasteiger partial charge is 0.493 e. The molecule has 1 N–H and O–H groups in total. The van der Waals surface area contributed by atoms with Crippen LogP contribution in [0.2, 0.25) is 0 Å². The van der Waals surface area contributed by atoms with E-state index in [9.17, 15) is 13.2 Å². The zero-order valence-electron chi connectivity index (χ0n) is 20.7. The highest BCUT2D eigenvalue weighted by molar-refractivity contribution is 7.92. The molecule has 0 aromatic heterocycles. The van der Waals surface area contributed by atoms with Crippen molar-refractivity contribution in [2.45, 2.75) is 33.4 Å². The fourth-order valence-corrected chi connectivity index (χ4v) is 4.79. The Balaban J connectivity index is 1.66. The number of hydrogen-bond acceptors (Lipinski definition) is 5. The monoisotopic (exact) mass is 496 g/mol. The van der Waals surface area contributed by atoms with Gasteiger partial charge in [0.1, 0.15) is 6.61 Å². The Hall–Kier alpha value is -3.52. The van der Waals surface area contributed by atoms with E-state index in [4.69, 9.17) is 9.47 Å². The summed E-state index contributed by atoms with van der Waals surface area (Å²) in [6.45, 7) is 6.11. The molecule has 0 fully saturated rings. The number of para-hydroxylation sites is 3. The number of nitrogens with zero attached hydrogens (tertiary/aromatic N) is 1. The van der Waals surface area contributed by atoms with Crippen molar-refractivity contribution in [2.75, 3.05) is 24.3 Å². The van der Waals surface area contributed by atoms with Crippen molar-refractivity contribution >= 4 is 21.6 Å². The second-order valence-electron chi connectivity index (χ2n) is 8.54. The molecule has 0 aliphatic rings. The van der Waals surface area contributed by atoms with Crippen LogP contribution >= 0.6 is 0 Å². The Labute approximate surface area is 207 Å². The van der Waals surface area contributed by atoms with E-state index in [0.717, 1.165) is 16.7 Å². The predicted molar refractivity (Wildman–Crippen MR) is 139 cm³/mol. The molecule has 35 heavy (non-hydrogen) atoms. The number of rotatable bonds is 10. The van der Waals surface area contributed by atoms with E-state index >= 15 is 0 Å². The number of sulfonamides is 1. The summed E-state index contributed by atoms with van der Waals surface area (Å²) in [5.74, 6) is 1.01. The van der Waals surface area contributed by atoms with Gasteiger partial charge in [0, 0.05) is 5.56 Å². The van der Waals surface area contributed by atoms with E-state index < -0.39 is 10.0 Å². The van der Waals surface area contributed by atoms with Gasteiger partial charge in [0.25, 0.3) is 5.91 Å². The lowest BCUT2D eigenvalue weighted by Crippen LogP contribution is -2.36. The van der Waals surface area contributed by atoms with Gasteiger partial charge in [0.15, 0.2) is 11.5 Å². The van der Waals surface area contributed by atoms with Gasteiger partial charge in [-0.05, 0) is 61.7 Å². The summed E-state index contributed by atoms with van der Waals surface area (Å²) in [5, 5.41) is 2.92. The summed E-state index contributed by atoms with van der Waals surface area (Å²) in [4.78, 5) is 12.7. The van der Waals surface area contributed by atoms with E-state index in [1.165, 1.54) is 10.6 Å². The lowest BCUT2D eigenvalue weighted by Gasteiger charge is -2.26. The summed E-state index contributed by atoms with van der Waals surface area (Å²) in [5.41, 5.74) is 3.71. The van der Waals surface area contributed by atoms with Crippen LogP contribution in [0.4, 0.5) is 5.69 Å². The molecule has 0 aliphatic carbocycles. The molecule has 0 saturated carbocycles. The summed E-state index contributed by atoms with van der Waals surface area (Å²) in [6.07, 6.45) is 1.20. The zero-order chi connectivity index (χ0) is 25.6. The third-order valence-electron chi connectivity index (χ3n) is 5.57. The Bertz CT molecular complexity index is 1250. The van der Waals surface area contributed by atoms with Crippen LogP contribution in [0.5, 0.6) is 11.5 Å². The van der Waals surface area contributed by atoms with Gasteiger partial charge in [-0.25, -0.2) is 8.42 Å². The minimum absolute atomic E-state index is 0.176. The van der Waals surface area contributed by atoms with Gasteiger partial charge in [0.2, 0.25) is 10.0 Å². The molecule has 3 aromatic carbocycles. The van der Waals surface area contributed by atoms with E-state index in [-0.39, 0.29) is 25.1 Å². The number of hydrogen-bond donors (Lipinski definition) is 1. The molecular formula is C27H32N2O5S. The third-order valence-corrected chi connectivity index (χ3v) is 6.68. The molecule has 0 saturated heterocycles. The number of amides is 1. The Kier molecular flexibility index (Phi) is 8.40. The molecule has 0 spiro atoms. The molecule has 0 radical (unpaired) electrons. The van der Waals surface area contributed by atoms with Crippen LogP contribution in [0, 0.1) is 13.8 Å². The van der Waals surface area contributed by atoms with Crippen LogP contribution in [-0.2, 0) is 16.6 Å². The van der Waals surface area contributed by atoms with E-state index in [1.807, 2.05) is 63.2 Å². The van der Waals surface area contributed by atoms with Gasteiger partial charge in [-0.2, -0.15) is 0 Å². The van der Waals surface area contributed by atoms with Gasteiger partial charge < -0.3 is 14.8 Å². The maximum Gasteiger partial charge on any atom is 0.251 e. The topological polar surface area (TPSA) is 84.9 Å². The minimum Gasteiger partial charge on any atom is -0.493 e. The molecule has 3 rings (SSSR count). The molecule has 3 aromatic rings. The molecular weight excluding hydrogens is 464 g/mol. The first-order valence-corrected chi connectivity index (χ1v) is 13.1. The Morgan fingerprint density at radius 3 is 2.11 bits per heavy atom. The van der Waals surface area contributed by atoms with Gasteiger partial charge in [-0.3, -0.25) is 9.10 Å². The number of aryl methyl sites for hydroxylation is 2. The molecule has 1 atom stereocenters. The number of benzene rings is 3. The number of ether oxygens (including phenoxy) is 2. The van der Waals surface area contributed by atoms with Crippen LogP contribution in [0.25, 0.3) is 0 Å². The van der Waals surface area contributed by atoms with E-state index in [0.29, 0.717) is 22.7 Å². The van der Waals surface area contributed by atoms with Crippen molar-refractivity contribution in [3.05, 3.63) is 89.0 Å². The zero-order valence-corrected chi connectivity index (χ0v) is 21.6. The normalized spacial score (nSPS) is 12.0. The molecule has 0 heterocycles. The van der Waals surface area contributed by atoms with Crippen molar-refractivity contribution in [2.24, 2.45) is 0 Å². The first kappa shape index (κ1) is 26.1. The summed E-state index contributed by atoms with van der Waals surface area (Å²) >= 11 is 0. The van der Waals surface area contributed by atoms with E-state index in [2.05, 4.69) is 5.32 Å². The lowest BCUT2D eigenvalue weighted by atomic mass is 10.1. The number of anilines is 1. The second-order valence-corrected chi connectivity index (χ2v) is 10.5. The number of carbonyl (C=O) groups excluding carboxylic acids is 1. The van der Waals surface area contributed by atoms with Gasteiger partial charge in [-0.15, -0.1) is 0 Å².